The van der Waals surface area contributed by atoms with Gasteiger partial charge in [-0.15, -0.1) is 11.3 Å². The molecule has 0 saturated heterocycles. The highest BCUT2D eigenvalue weighted by molar-refractivity contribution is 7.10. The molecular weight excluding hydrogens is 448 g/mol. The van der Waals surface area contributed by atoms with E-state index >= 15 is 0 Å². The van der Waals surface area contributed by atoms with Crippen molar-refractivity contribution in [1.82, 2.24) is 10.6 Å². The number of amides is 2. The molecule has 0 fully saturated rings. The summed E-state index contributed by atoms with van der Waals surface area (Å²) < 4.78 is 10.6. The molecule has 0 bridgehead atoms. The van der Waals surface area contributed by atoms with E-state index in [1.807, 2.05) is 47.8 Å². The second kappa shape index (κ2) is 12.0. The van der Waals surface area contributed by atoms with Gasteiger partial charge in [-0.05, 0) is 53.6 Å². The van der Waals surface area contributed by atoms with Crippen LogP contribution >= 0.6 is 11.3 Å². The lowest BCUT2D eigenvalue weighted by Crippen LogP contribution is -2.37. The quantitative estimate of drug-likeness (QED) is 0.381. The number of hydrogen-bond donors (Lipinski definition) is 2. The summed E-state index contributed by atoms with van der Waals surface area (Å²) in [6, 6.07) is 18.3. The van der Waals surface area contributed by atoms with Gasteiger partial charge in [-0.1, -0.05) is 50.2 Å². The number of thiophene rings is 1. The third-order valence-electron chi connectivity index (χ3n) is 5.18. The molecular formula is C27H30N2O4S. The van der Waals surface area contributed by atoms with Gasteiger partial charge in [0.15, 0.2) is 11.5 Å². The van der Waals surface area contributed by atoms with Gasteiger partial charge in [-0.2, -0.15) is 0 Å². The molecule has 1 unspecified atom stereocenters. The van der Waals surface area contributed by atoms with Crippen LogP contribution in [0.1, 0.15) is 47.1 Å². The van der Waals surface area contributed by atoms with Crippen molar-refractivity contribution in [2.24, 2.45) is 5.92 Å². The average Bonchev–Trinajstić information content (AvgIpc) is 3.36. The van der Waals surface area contributed by atoms with Gasteiger partial charge in [-0.25, -0.2) is 0 Å². The molecule has 2 amide bonds. The maximum Gasteiger partial charge on any atom is 0.268 e. The minimum atomic E-state index is -0.418. The molecule has 0 saturated carbocycles. The number of carbonyl (C=O) groups is 2. The molecule has 34 heavy (non-hydrogen) atoms. The highest BCUT2D eigenvalue weighted by Crippen LogP contribution is 2.28. The first-order valence-electron chi connectivity index (χ1n) is 11.1. The molecule has 1 heterocycles. The summed E-state index contributed by atoms with van der Waals surface area (Å²) in [4.78, 5) is 27.3. The maximum atomic E-state index is 13.4. The summed E-state index contributed by atoms with van der Waals surface area (Å²) >= 11 is 1.48. The normalized spacial score (nSPS) is 12.2. The Bertz CT molecular complexity index is 1120. The summed E-state index contributed by atoms with van der Waals surface area (Å²) in [5, 5.41) is 7.82. The smallest absolute Gasteiger partial charge is 0.268 e. The zero-order chi connectivity index (χ0) is 24.5. The zero-order valence-corrected chi connectivity index (χ0v) is 20.6. The lowest BCUT2D eigenvalue weighted by atomic mass is 9.97. The van der Waals surface area contributed by atoms with Crippen LogP contribution in [0.4, 0.5) is 0 Å². The Kier molecular flexibility index (Phi) is 8.87. The Morgan fingerprint density at radius 1 is 0.971 bits per heavy atom. The minimum Gasteiger partial charge on any atom is -0.493 e. The predicted molar refractivity (Wildman–Crippen MR) is 136 cm³/mol. The van der Waals surface area contributed by atoms with Crippen LogP contribution in [0, 0.1) is 5.92 Å². The Balaban J connectivity index is 1.87. The fourth-order valence-electron chi connectivity index (χ4n) is 3.52. The van der Waals surface area contributed by atoms with Gasteiger partial charge in [0.2, 0.25) is 0 Å². The highest BCUT2D eigenvalue weighted by Gasteiger charge is 2.21. The molecule has 6 nitrogen and oxygen atoms in total. The van der Waals surface area contributed by atoms with E-state index in [1.54, 1.807) is 24.3 Å². The van der Waals surface area contributed by atoms with Crippen LogP contribution in [0.25, 0.3) is 6.08 Å². The molecule has 0 radical (unpaired) electrons. The fraction of sp³-hybridized carbons (Fsp3) is 0.259. The van der Waals surface area contributed by atoms with Crippen LogP contribution in [-0.4, -0.2) is 26.0 Å². The molecule has 178 valence electrons. The minimum absolute atomic E-state index is 0.173. The van der Waals surface area contributed by atoms with E-state index in [9.17, 15) is 9.59 Å². The van der Waals surface area contributed by atoms with Gasteiger partial charge in [0, 0.05) is 10.4 Å². The number of rotatable bonds is 10. The van der Waals surface area contributed by atoms with Crippen molar-refractivity contribution in [3.63, 3.8) is 0 Å². The van der Waals surface area contributed by atoms with Crippen LogP contribution in [0.3, 0.4) is 0 Å². The van der Waals surface area contributed by atoms with Crippen LogP contribution in [0.2, 0.25) is 0 Å². The molecule has 3 rings (SSSR count). The molecule has 1 atom stereocenters. The third kappa shape index (κ3) is 6.71. The van der Waals surface area contributed by atoms with E-state index < -0.39 is 5.91 Å². The van der Waals surface area contributed by atoms with Gasteiger partial charge in [0.05, 0.1) is 20.3 Å². The Hall–Kier alpha value is -3.58. The van der Waals surface area contributed by atoms with Crippen LogP contribution in [0.15, 0.2) is 71.7 Å². The summed E-state index contributed by atoms with van der Waals surface area (Å²) in [5.74, 6) is 0.558. The standard InChI is InChI=1S/C27H30N2O4S/c1-18(2)15-22(19-9-6-5-7-10-19)28-27(31)23(17-21-11-8-14-34-21)29-26(30)20-12-13-24(32-3)25(16-20)33-4/h5-14,16-18,22H,15H2,1-4H3,(H,28,31)(H,29,30)/b23-17-. The maximum absolute atomic E-state index is 13.4. The van der Waals surface area contributed by atoms with E-state index in [-0.39, 0.29) is 17.6 Å². The Morgan fingerprint density at radius 3 is 2.32 bits per heavy atom. The van der Waals surface area contributed by atoms with Crippen LogP contribution < -0.4 is 20.1 Å². The van der Waals surface area contributed by atoms with Gasteiger partial charge >= 0.3 is 0 Å². The first-order valence-corrected chi connectivity index (χ1v) is 11.9. The lowest BCUT2D eigenvalue weighted by Gasteiger charge is -2.22. The van der Waals surface area contributed by atoms with Gasteiger partial charge in [0.25, 0.3) is 11.8 Å². The van der Waals surface area contributed by atoms with Crippen molar-refractivity contribution in [3.05, 3.63) is 87.7 Å². The number of ether oxygens (including phenoxy) is 2. The summed E-state index contributed by atoms with van der Waals surface area (Å²) in [6.45, 7) is 4.23. The first-order chi connectivity index (χ1) is 16.4. The van der Waals surface area contributed by atoms with Crippen molar-refractivity contribution in [1.29, 1.82) is 0 Å². The third-order valence-corrected chi connectivity index (χ3v) is 6.00. The lowest BCUT2D eigenvalue weighted by molar-refractivity contribution is -0.118. The molecule has 0 aliphatic rings. The molecule has 0 aliphatic heterocycles. The monoisotopic (exact) mass is 478 g/mol. The van der Waals surface area contributed by atoms with Crippen molar-refractivity contribution in [2.75, 3.05) is 14.2 Å². The largest absolute Gasteiger partial charge is 0.493 e. The molecule has 0 spiro atoms. The average molecular weight is 479 g/mol. The van der Waals surface area contributed by atoms with Crippen molar-refractivity contribution in [2.45, 2.75) is 26.3 Å². The number of nitrogens with one attached hydrogen (secondary N) is 2. The van der Waals surface area contributed by atoms with Crippen LogP contribution in [-0.2, 0) is 4.79 Å². The van der Waals surface area contributed by atoms with E-state index in [0.29, 0.717) is 23.0 Å². The number of carbonyl (C=O) groups excluding carboxylic acids is 2. The second-order valence-electron chi connectivity index (χ2n) is 8.16. The molecule has 3 aromatic rings. The molecule has 2 aromatic carbocycles. The number of hydrogen-bond acceptors (Lipinski definition) is 5. The summed E-state index contributed by atoms with van der Waals surface area (Å²) in [7, 11) is 3.04. The SMILES string of the molecule is COc1ccc(C(=O)N/C(=C\c2cccs2)C(=O)NC(CC(C)C)c2ccccc2)cc1OC. The molecule has 7 heteroatoms. The molecule has 2 N–H and O–H groups in total. The van der Waals surface area contributed by atoms with E-state index in [2.05, 4.69) is 24.5 Å². The summed E-state index contributed by atoms with van der Waals surface area (Å²) in [5.41, 5.74) is 1.54. The summed E-state index contributed by atoms with van der Waals surface area (Å²) in [6.07, 6.45) is 2.46. The predicted octanol–water partition coefficient (Wildman–Crippen LogP) is 5.44. The second-order valence-corrected chi connectivity index (χ2v) is 9.14. The number of benzene rings is 2. The highest BCUT2D eigenvalue weighted by atomic mass is 32.1. The van der Waals surface area contributed by atoms with E-state index in [1.165, 1.54) is 25.6 Å². The fourth-order valence-corrected chi connectivity index (χ4v) is 4.17. The van der Waals surface area contributed by atoms with E-state index in [4.69, 9.17) is 9.47 Å². The zero-order valence-electron chi connectivity index (χ0n) is 19.8. The van der Waals surface area contributed by atoms with Crippen molar-refractivity contribution >= 4 is 29.2 Å². The topological polar surface area (TPSA) is 76.7 Å². The first kappa shape index (κ1) is 25.1. The molecule has 1 aromatic heterocycles. The number of methoxy groups -OCH3 is 2. The Labute approximate surface area is 204 Å². The van der Waals surface area contributed by atoms with Gasteiger partial charge < -0.3 is 20.1 Å². The van der Waals surface area contributed by atoms with Gasteiger partial charge in [0.1, 0.15) is 5.70 Å². The van der Waals surface area contributed by atoms with E-state index in [0.717, 1.165) is 16.9 Å². The molecule has 0 aliphatic carbocycles. The Morgan fingerprint density at radius 2 is 1.71 bits per heavy atom. The van der Waals surface area contributed by atoms with Crippen molar-refractivity contribution < 1.29 is 19.1 Å². The van der Waals surface area contributed by atoms with Crippen LogP contribution in [0.5, 0.6) is 11.5 Å². The van der Waals surface area contributed by atoms with Crippen molar-refractivity contribution in [3.8, 4) is 11.5 Å². The van der Waals surface area contributed by atoms with Gasteiger partial charge in [-0.3, -0.25) is 9.59 Å².